The topological polar surface area (TPSA) is 3.24 Å². The summed E-state index contributed by atoms with van der Waals surface area (Å²) < 4.78 is 2.99. The van der Waals surface area contributed by atoms with E-state index in [1.54, 1.807) is 0 Å². The average Bonchev–Trinajstić information content (AvgIpc) is 3.53. The summed E-state index contributed by atoms with van der Waals surface area (Å²) in [7, 11) is 0. The summed E-state index contributed by atoms with van der Waals surface area (Å²) in [5, 5.41) is 8.08. The first-order valence-corrected chi connectivity index (χ1v) is 16.6. The van der Waals surface area contributed by atoms with Gasteiger partial charge in [0.1, 0.15) is 0 Å². The second kappa shape index (κ2) is 9.19. The van der Waals surface area contributed by atoms with E-state index in [1.165, 1.54) is 74.5 Å². The summed E-state index contributed by atoms with van der Waals surface area (Å²) in [5.74, 6) is 0. The van der Waals surface area contributed by atoms with Gasteiger partial charge in [-0.1, -0.05) is 24.3 Å². The van der Waals surface area contributed by atoms with Crippen molar-refractivity contribution < 1.29 is 0 Å². The number of para-hydroxylation sites is 1. The number of hydrogen-bond donors (Lipinski definition) is 0. The molecule has 0 bridgehead atoms. The molecule has 0 N–H and O–H groups in total. The summed E-state index contributed by atoms with van der Waals surface area (Å²) in [6.45, 7) is 4.73. The molecule has 0 spiro atoms. The van der Waals surface area contributed by atoms with Gasteiger partial charge in [-0.25, -0.2) is 0 Å². The van der Waals surface area contributed by atoms with Gasteiger partial charge in [-0.15, -0.1) is 0 Å². The number of rotatable bonds is 3. The monoisotopic (exact) mass is 615 g/mol. The maximum absolute atomic E-state index is 2.42. The van der Waals surface area contributed by atoms with Crippen LogP contribution < -0.4 is 4.90 Å². The second-order valence-corrected chi connectivity index (χ2v) is 14.4. The molecule has 0 saturated carbocycles. The third-order valence-corrected chi connectivity index (χ3v) is 12.0. The van der Waals surface area contributed by atoms with Crippen LogP contribution in [0, 0.1) is 0 Å². The van der Waals surface area contributed by atoms with E-state index in [0.29, 0.717) is 14.5 Å². The maximum atomic E-state index is 2.42. The predicted molar refractivity (Wildman–Crippen MR) is 186 cm³/mol. The number of anilines is 3. The van der Waals surface area contributed by atoms with Gasteiger partial charge in [0.05, 0.1) is 0 Å². The van der Waals surface area contributed by atoms with Crippen LogP contribution >= 0.6 is 0 Å². The molecule has 8 aromatic rings. The SMILES string of the molecule is CC1(C)c2ccc(N(c3ccccc3)c3ccc4c(ccc5c6ccccc6[se]c45)c3)cc2-c2cc3ccccc3cc21. The molecule has 9 rings (SSSR count). The normalized spacial score (nSPS) is 13.5. The van der Waals surface area contributed by atoms with Crippen molar-refractivity contribution in [3.05, 3.63) is 151 Å². The Morgan fingerprint density at radius 2 is 1.14 bits per heavy atom. The van der Waals surface area contributed by atoms with Crippen molar-refractivity contribution in [3.8, 4) is 11.1 Å². The Morgan fingerprint density at radius 1 is 0.465 bits per heavy atom. The van der Waals surface area contributed by atoms with Gasteiger partial charge in [-0.05, 0) is 5.39 Å². The van der Waals surface area contributed by atoms with E-state index in [-0.39, 0.29) is 5.41 Å². The molecule has 0 radical (unpaired) electrons. The van der Waals surface area contributed by atoms with Gasteiger partial charge >= 0.3 is 229 Å². The molecule has 0 atom stereocenters. The zero-order valence-electron chi connectivity index (χ0n) is 24.1. The molecule has 0 amide bonds. The van der Waals surface area contributed by atoms with E-state index in [2.05, 4.69) is 158 Å². The Labute approximate surface area is 257 Å². The molecule has 0 fully saturated rings. The van der Waals surface area contributed by atoms with Gasteiger partial charge in [0.15, 0.2) is 0 Å². The summed E-state index contributed by atoms with van der Waals surface area (Å²) in [4.78, 5) is 2.42. The molecule has 204 valence electrons. The molecular weight excluding hydrogens is 585 g/mol. The van der Waals surface area contributed by atoms with Gasteiger partial charge in [0.25, 0.3) is 0 Å². The van der Waals surface area contributed by atoms with E-state index in [9.17, 15) is 0 Å². The standard InChI is InChI=1S/C41H29NSe/c1-41(2)37-21-18-31(25-36(37)35-23-26-10-6-7-11-27(26)24-38(35)41)42(29-12-4-3-5-13-29)30-17-20-32-28(22-30)16-19-34-33-14-8-9-15-39(33)43-40(32)34/h3-25H,1-2H3. The first-order chi connectivity index (χ1) is 21.1. The quantitative estimate of drug-likeness (QED) is 0.179. The molecule has 0 aliphatic heterocycles. The fourth-order valence-corrected chi connectivity index (χ4v) is 9.82. The molecule has 7 aromatic carbocycles. The predicted octanol–water partition coefficient (Wildman–Crippen LogP) is 11.1. The number of benzene rings is 7. The van der Waals surface area contributed by atoms with Crippen molar-refractivity contribution in [2.45, 2.75) is 19.3 Å². The van der Waals surface area contributed by atoms with E-state index in [4.69, 9.17) is 0 Å². The summed E-state index contributed by atoms with van der Waals surface area (Å²) in [6, 6.07) is 52.0. The first kappa shape index (κ1) is 24.9. The van der Waals surface area contributed by atoms with E-state index in [1.807, 2.05) is 0 Å². The Hall–Kier alpha value is -4.62. The molecule has 1 aromatic heterocycles. The van der Waals surface area contributed by atoms with Gasteiger partial charge in [-0.3, -0.25) is 0 Å². The molecule has 1 aliphatic carbocycles. The van der Waals surface area contributed by atoms with Crippen LogP contribution in [-0.2, 0) is 5.41 Å². The molecular formula is C41H29NSe. The fourth-order valence-electron chi connectivity index (χ4n) is 7.23. The van der Waals surface area contributed by atoms with Crippen LogP contribution in [0.4, 0.5) is 17.1 Å². The Kier molecular flexibility index (Phi) is 5.33. The minimum absolute atomic E-state index is 0.0482. The van der Waals surface area contributed by atoms with Gasteiger partial charge in [-0.2, -0.15) is 0 Å². The molecule has 0 unspecified atom stereocenters. The zero-order chi connectivity index (χ0) is 28.7. The van der Waals surface area contributed by atoms with Crippen LogP contribution in [-0.4, -0.2) is 14.5 Å². The third-order valence-electron chi connectivity index (χ3n) is 9.40. The first-order valence-electron chi connectivity index (χ1n) is 14.9. The van der Waals surface area contributed by atoms with Crippen molar-refractivity contribution in [2.24, 2.45) is 0 Å². The van der Waals surface area contributed by atoms with Gasteiger partial charge in [0.2, 0.25) is 0 Å². The van der Waals surface area contributed by atoms with Crippen LogP contribution in [0.2, 0.25) is 0 Å². The van der Waals surface area contributed by atoms with Crippen molar-refractivity contribution >= 4 is 72.4 Å². The summed E-state index contributed by atoms with van der Waals surface area (Å²) in [5.41, 5.74) is 8.96. The van der Waals surface area contributed by atoms with E-state index in [0.717, 1.165) is 5.69 Å². The van der Waals surface area contributed by atoms with Crippen molar-refractivity contribution in [2.75, 3.05) is 4.90 Å². The molecule has 43 heavy (non-hydrogen) atoms. The van der Waals surface area contributed by atoms with Crippen LogP contribution in [0.1, 0.15) is 25.0 Å². The summed E-state index contributed by atoms with van der Waals surface area (Å²) >= 11 is 0.330. The van der Waals surface area contributed by atoms with Crippen molar-refractivity contribution in [1.82, 2.24) is 0 Å². The number of nitrogens with zero attached hydrogens (tertiary/aromatic N) is 1. The summed E-state index contributed by atoms with van der Waals surface area (Å²) in [6.07, 6.45) is 0. The van der Waals surface area contributed by atoms with Gasteiger partial charge in [0, 0.05) is 0 Å². The third kappa shape index (κ3) is 3.70. The molecule has 1 nitrogen and oxygen atoms in total. The molecule has 0 saturated heterocycles. The Bertz CT molecular complexity index is 2380. The van der Waals surface area contributed by atoms with Crippen LogP contribution in [0.15, 0.2) is 140 Å². The Balaban J connectivity index is 1.24. The molecule has 1 heterocycles. The van der Waals surface area contributed by atoms with Crippen LogP contribution in [0.5, 0.6) is 0 Å². The van der Waals surface area contributed by atoms with Crippen LogP contribution in [0.3, 0.4) is 0 Å². The number of hydrogen-bond acceptors (Lipinski definition) is 1. The van der Waals surface area contributed by atoms with Crippen LogP contribution in [0.25, 0.3) is 52.0 Å². The van der Waals surface area contributed by atoms with Crippen molar-refractivity contribution in [3.63, 3.8) is 0 Å². The zero-order valence-corrected chi connectivity index (χ0v) is 25.8. The fraction of sp³-hybridized carbons (Fsp3) is 0.0732. The minimum atomic E-state index is -0.0482. The average molecular weight is 615 g/mol. The second-order valence-electron chi connectivity index (χ2n) is 12.2. The van der Waals surface area contributed by atoms with E-state index < -0.39 is 0 Å². The van der Waals surface area contributed by atoms with Crippen molar-refractivity contribution in [1.29, 1.82) is 0 Å². The van der Waals surface area contributed by atoms with Gasteiger partial charge < -0.3 is 0 Å². The van der Waals surface area contributed by atoms with E-state index >= 15 is 0 Å². The Morgan fingerprint density at radius 3 is 2.00 bits per heavy atom. The number of fused-ring (bicyclic) bond motifs is 9. The molecule has 2 heteroatoms. The molecule has 1 aliphatic rings.